The Morgan fingerprint density at radius 2 is 1.56 bits per heavy atom. The normalized spacial score (nSPS) is 12.6. The Balaban J connectivity index is 2.84. The van der Waals surface area contributed by atoms with Gasteiger partial charge < -0.3 is 4.43 Å². The van der Waals surface area contributed by atoms with Gasteiger partial charge in [-0.05, 0) is 49.2 Å². The zero-order valence-electron chi connectivity index (χ0n) is 11.4. The molecule has 0 aliphatic carbocycles. The maximum absolute atomic E-state index is 5.94. The minimum atomic E-state index is -1.47. The molecule has 1 aromatic rings. The second kappa shape index (κ2) is 4.62. The highest BCUT2D eigenvalue weighted by molar-refractivity contribution is 6.70. The molecule has 0 unspecified atom stereocenters. The maximum atomic E-state index is 5.94. The Labute approximate surface area is 101 Å². The fraction of sp³-hybridized carbons (Fsp3) is 0.571. The van der Waals surface area contributed by atoms with Crippen LogP contribution in [0.4, 0.5) is 0 Å². The zero-order valence-corrected chi connectivity index (χ0v) is 12.4. The molecule has 0 saturated carbocycles. The van der Waals surface area contributed by atoms with Crippen molar-refractivity contribution < 1.29 is 4.43 Å². The fourth-order valence-corrected chi connectivity index (χ4v) is 2.38. The summed E-state index contributed by atoms with van der Waals surface area (Å²) in [5.74, 6) is 1.01. The molecule has 90 valence electrons. The van der Waals surface area contributed by atoms with Crippen molar-refractivity contribution in [2.45, 2.75) is 52.2 Å². The lowest BCUT2D eigenvalue weighted by Crippen LogP contribution is -2.29. The molecule has 0 amide bonds. The van der Waals surface area contributed by atoms with Crippen molar-refractivity contribution in [2.24, 2.45) is 0 Å². The molecule has 0 aliphatic heterocycles. The van der Waals surface area contributed by atoms with Gasteiger partial charge in [-0.2, -0.15) is 0 Å². The molecule has 0 spiro atoms. The summed E-state index contributed by atoms with van der Waals surface area (Å²) in [4.78, 5) is 0. The van der Waals surface area contributed by atoms with Gasteiger partial charge in [0.2, 0.25) is 8.32 Å². The molecule has 0 aromatic heterocycles. The molecule has 1 rings (SSSR count). The molecular formula is C14H24OSi. The van der Waals surface area contributed by atoms with Gasteiger partial charge in [0.15, 0.2) is 0 Å². The van der Waals surface area contributed by atoms with Crippen molar-refractivity contribution in [3.05, 3.63) is 29.8 Å². The van der Waals surface area contributed by atoms with Crippen LogP contribution in [-0.4, -0.2) is 8.32 Å². The largest absolute Gasteiger partial charge is 0.544 e. The lowest BCUT2D eigenvalue weighted by Gasteiger charge is -2.24. The van der Waals surface area contributed by atoms with Crippen LogP contribution in [0, 0.1) is 0 Å². The molecule has 0 fully saturated rings. The van der Waals surface area contributed by atoms with Gasteiger partial charge in [-0.1, -0.05) is 32.9 Å². The molecule has 0 aliphatic rings. The van der Waals surface area contributed by atoms with E-state index in [1.54, 1.807) is 0 Å². The Kier molecular flexibility index (Phi) is 3.84. The van der Waals surface area contributed by atoms with Gasteiger partial charge in [-0.3, -0.25) is 0 Å². The van der Waals surface area contributed by atoms with E-state index in [9.17, 15) is 0 Å². The molecule has 0 N–H and O–H groups in total. The summed E-state index contributed by atoms with van der Waals surface area (Å²) in [6, 6.07) is 8.59. The van der Waals surface area contributed by atoms with Gasteiger partial charge in [0.05, 0.1) is 0 Å². The second-order valence-corrected chi connectivity index (χ2v) is 10.4. The van der Waals surface area contributed by atoms with E-state index < -0.39 is 8.32 Å². The maximum Gasteiger partial charge on any atom is 0.242 e. The third-order valence-corrected chi connectivity index (χ3v) is 3.79. The van der Waals surface area contributed by atoms with E-state index in [1.165, 1.54) is 5.56 Å². The Bertz CT molecular complexity index is 333. The predicted molar refractivity (Wildman–Crippen MR) is 73.7 cm³/mol. The fourth-order valence-electron chi connectivity index (χ4n) is 1.53. The van der Waals surface area contributed by atoms with E-state index in [2.05, 4.69) is 64.7 Å². The van der Waals surface area contributed by atoms with Gasteiger partial charge in [0.1, 0.15) is 5.75 Å². The summed E-state index contributed by atoms with van der Waals surface area (Å²) in [6.07, 6.45) is 1.15. The van der Waals surface area contributed by atoms with Crippen LogP contribution in [0.2, 0.25) is 19.6 Å². The zero-order chi connectivity index (χ0) is 12.4. The van der Waals surface area contributed by atoms with Crippen LogP contribution in [0.5, 0.6) is 5.75 Å². The number of benzene rings is 1. The molecule has 1 nitrogen and oxygen atoms in total. The van der Waals surface area contributed by atoms with Crippen molar-refractivity contribution in [3.8, 4) is 5.75 Å². The van der Waals surface area contributed by atoms with E-state index in [0.717, 1.165) is 12.2 Å². The molecule has 0 radical (unpaired) electrons. The van der Waals surface area contributed by atoms with E-state index in [-0.39, 0.29) is 5.41 Å². The van der Waals surface area contributed by atoms with Crippen LogP contribution in [0.3, 0.4) is 0 Å². The van der Waals surface area contributed by atoms with Crippen molar-refractivity contribution in [1.82, 2.24) is 0 Å². The first-order chi connectivity index (χ1) is 7.24. The van der Waals surface area contributed by atoms with Crippen molar-refractivity contribution >= 4 is 8.32 Å². The average Bonchev–Trinajstić information content (AvgIpc) is 2.16. The van der Waals surface area contributed by atoms with Crippen molar-refractivity contribution in [2.75, 3.05) is 0 Å². The van der Waals surface area contributed by atoms with Crippen molar-refractivity contribution in [3.63, 3.8) is 0 Å². The minimum Gasteiger partial charge on any atom is -0.544 e. The van der Waals surface area contributed by atoms with Crippen LogP contribution in [0.1, 0.15) is 32.8 Å². The quantitative estimate of drug-likeness (QED) is 0.695. The lowest BCUT2D eigenvalue weighted by atomic mass is 9.82. The third-order valence-electron chi connectivity index (χ3n) is 2.94. The van der Waals surface area contributed by atoms with Crippen LogP contribution in [0.25, 0.3) is 0 Å². The van der Waals surface area contributed by atoms with Gasteiger partial charge in [0, 0.05) is 0 Å². The number of rotatable bonds is 4. The lowest BCUT2D eigenvalue weighted by molar-refractivity contribution is 0.504. The summed E-state index contributed by atoms with van der Waals surface area (Å²) in [5.41, 5.74) is 1.65. The smallest absolute Gasteiger partial charge is 0.242 e. The summed E-state index contributed by atoms with van der Waals surface area (Å²) < 4.78 is 5.94. The van der Waals surface area contributed by atoms with E-state index >= 15 is 0 Å². The van der Waals surface area contributed by atoms with E-state index in [1.807, 2.05) is 0 Å². The molecule has 2 heteroatoms. The minimum absolute atomic E-state index is 0.262. The monoisotopic (exact) mass is 236 g/mol. The van der Waals surface area contributed by atoms with Crippen LogP contribution in [0.15, 0.2) is 24.3 Å². The summed E-state index contributed by atoms with van der Waals surface area (Å²) in [6.45, 7) is 13.4. The highest BCUT2D eigenvalue weighted by Gasteiger charge is 2.19. The standard InChI is InChI=1S/C14H24OSi/c1-7-14(2,3)12-8-10-13(11-9-12)15-16(4,5)6/h8-11H,7H2,1-6H3. The second-order valence-electron chi connectivity index (χ2n) is 5.98. The highest BCUT2D eigenvalue weighted by Crippen LogP contribution is 2.28. The Morgan fingerprint density at radius 3 is 1.94 bits per heavy atom. The van der Waals surface area contributed by atoms with E-state index in [4.69, 9.17) is 4.43 Å². The summed E-state index contributed by atoms with van der Waals surface area (Å²) >= 11 is 0. The van der Waals surface area contributed by atoms with Crippen molar-refractivity contribution in [1.29, 1.82) is 0 Å². The number of hydrogen-bond donors (Lipinski definition) is 0. The van der Waals surface area contributed by atoms with Crippen LogP contribution >= 0.6 is 0 Å². The molecule has 0 heterocycles. The highest BCUT2D eigenvalue weighted by atomic mass is 28.4. The Morgan fingerprint density at radius 1 is 1.06 bits per heavy atom. The number of hydrogen-bond acceptors (Lipinski definition) is 1. The van der Waals surface area contributed by atoms with Gasteiger partial charge >= 0.3 is 0 Å². The van der Waals surface area contributed by atoms with Gasteiger partial charge in [-0.15, -0.1) is 0 Å². The summed E-state index contributed by atoms with van der Waals surface area (Å²) in [7, 11) is -1.47. The molecule has 0 atom stereocenters. The molecular weight excluding hydrogens is 212 g/mol. The first-order valence-corrected chi connectivity index (χ1v) is 9.45. The molecule has 0 bridgehead atoms. The predicted octanol–water partition coefficient (Wildman–Crippen LogP) is 4.59. The van der Waals surface area contributed by atoms with Crippen LogP contribution < -0.4 is 4.43 Å². The molecule has 1 aromatic carbocycles. The molecule has 16 heavy (non-hydrogen) atoms. The first-order valence-electron chi connectivity index (χ1n) is 6.04. The van der Waals surface area contributed by atoms with Gasteiger partial charge in [-0.25, -0.2) is 0 Å². The van der Waals surface area contributed by atoms with Crippen LogP contribution in [-0.2, 0) is 5.41 Å². The average molecular weight is 236 g/mol. The van der Waals surface area contributed by atoms with Gasteiger partial charge in [0.25, 0.3) is 0 Å². The summed E-state index contributed by atoms with van der Waals surface area (Å²) in [5, 5.41) is 0. The SMILES string of the molecule is CCC(C)(C)c1ccc(O[Si](C)(C)C)cc1. The first kappa shape index (κ1) is 13.3. The topological polar surface area (TPSA) is 9.23 Å². The third kappa shape index (κ3) is 3.67. The van der Waals surface area contributed by atoms with E-state index in [0.29, 0.717) is 0 Å². The Hall–Kier alpha value is -0.763. The molecule has 0 saturated heterocycles.